The SMILES string of the molecule is CN1CCC2(CC1)N[C@@H](C(=O)O)Cc1c2[nH]c2ccccc12. The Bertz CT molecular complexity index is 729. The van der Waals surface area contributed by atoms with Gasteiger partial charge in [-0.2, -0.15) is 0 Å². The molecule has 22 heavy (non-hydrogen) atoms. The predicted octanol–water partition coefficient (Wildman–Crippen LogP) is 1.69. The summed E-state index contributed by atoms with van der Waals surface area (Å²) in [5.74, 6) is -0.755. The quantitative estimate of drug-likeness (QED) is 0.749. The highest BCUT2D eigenvalue weighted by atomic mass is 16.4. The highest BCUT2D eigenvalue weighted by molar-refractivity contribution is 5.87. The maximum absolute atomic E-state index is 11.6. The fourth-order valence-corrected chi connectivity index (χ4v) is 4.03. The number of aromatic nitrogens is 1. The number of carboxylic acid groups (broad SMARTS) is 1. The van der Waals surface area contributed by atoms with Crippen molar-refractivity contribution < 1.29 is 9.90 Å². The van der Waals surface area contributed by atoms with Crippen LogP contribution >= 0.6 is 0 Å². The largest absolute Gasteiger partial charge is 0.480 e. The molecule has 2 aromatic rings. The number of aliphatic carboxylic acids is 1. The molecule has 0 amide bonds. The van der Waals surface area contributed by atoms with Gasteiger partial charge >= 0.3 is 5.97 Å². The van der Waals surface area contributed by atoms with E-state index in [0.717, 1.165) is 31.4 Å². The minimum absolute atomic E-state index is 0.234. The van der Waals surface area contributed by atoms with Crippen molar-refractivity contribution in [2.75, 3.05) is 20.1 Å². The number of carbonyl (C=O) groups is 1. The van der Waals surface area contributed by atoms with Crippen LogP contribution in [-0.2, 0) is 16.8 Å². The van der Waals surface area contributed by atoms with Crippen LogP contribution in [0, 0.1) is 0 Å². The van der Waals surface area contributed by atoms with Crippen molar-refractivity contribution in [1.29, 1.82) is 0 Å². The van der Waals surface area contributed by atoms with E-state index in [4.69, 9.17) is 0 Å². The van der Waals surface area contributed by atoms with Crippen LogP contribution in [0.1, 0.15) is 24.1 Å². The first kappa shape index (κ1) is 13.8. The Balaban J connectivity index is 1.88. The lowest BCUT2D eigenvalue weighted by atomic mass is 9.77. The van der Waals surface area contributed by atoms with Gasteiger partial charge < -0.3 is 15.0 Å². The summed E-state index contributed by atoms with van der Waals surface area (Å²) in [5.41, 5.74) is 3.27. The van der Waals surface area contributed by atoms with E-state index >= 15 is 0 Å². The lowest BCUT2D eigenvalue weighted by Crippen LogP contribution is -2.59. The van der Waals surface area contributed by atoms with Gasteiger partial charge in [0.15, 0.2) is 0 Å². The Hall–Kier alpha value is -1.85. The lowest BCUT2D eigenvalue weighted by Gasteiger charge is -2.45. The monoisotopic (exact) mass is 299 g/mol. The third kappa shape index (κ3) is 1.96. The van der Waals surface area contributed by atoms with E-state index in [2.05, 4.69) is 34.4 Å². The van der Waals surface area contributed by atoms with Gasteiger partial charge in [-0.05, 0) is 44.6 Å². The summed E-state index contributed by atoms with van der Waals surface area (Å²) in [6.07, 6.45) is 2.42. The zero-order valence-electron chi connectivity index (χ0n) is 12.7. The highest BCUT2D eigenvalue weighted by Gasteiger charge is 2.45. The van der Waals surface area contributed by atoms with Gasteiger partial charge in [0.25, 0.3) is 0 Å². The summed E-state index contributed by atoms with van der Waals surface area (Å²) in [5, 5.41) is 14.2. The maximum atomic E-state index is 11.6. The number of rotatable bonds is 1. The molecule has 0 radical (unpaired) electrons. The molecular formula is C17H21N3O2. The molecule has 0 saturated carbocycles. The van der Waals surface area contributed by atoms with Crippen LogP contribution in [0.25, 0.3) is 10.9 Å². The molecule has 2 aliphatic rings. The van der Waals surface area contributed by atoms with Crippen molar-refractivity contribution in [2.45, 2.75) is 30.8 Å². The molecule has 1 atom stereocenters. The summed E-state index contributed by atoms with van der Waals surface area (Å²) in [4.78, 5) is 17.5. The molecule has 2 aliphatic heterocycles. The maximum Gasteiger partial charge on any atom is 0.321 e. The summed E-state index contributed by atoms with van der Waals surface area (Å²) < 4.78 is 0. The number of nitrogens with one attached hydrogen (secondary N) is 2. The molecular weight excluding hydrogens is 278 g/mol. The molecule has 3 heterocycles. The molecule has 1 fully saturated rings. The predicted molar refractivity (Wildman–Crippen MR) is 85.0 cm³/mol. The lowest BCUT2D eigenvalue weighted by molar-refractivity contribution is -0.140. The second kappa shape index (κ2) is 4.83. The van der Waals surface area contributed by atoms with Crippen LogP contribution in [0.3, 0.4) is 0 Å². The van der Waals surface area contributed by atoms with E-state index < -0.39 is 12.0 Å². The molecule has 1 saturated heterocycles. The number of hydrogen-bond donors (Lipinski definition) is 3. The molecule has 1 aromatic heterocycles. The molecule has 5 nitrogen and oxygen atoms in total. The van der Waals surface area contributed by atoms with Crippen molar-refractivity contribution in [3.05, 3.63) is 35.5 Å². The Morgan fingerprint density at radius 2 is 2.05 bits per heavy atom. The normalized spacial score (nSPS) is 24.5. The topological polar surface area (TPSA) is 68.4 Å². The molecule has 1 aromatic carbocycles. The molecule has 1 spiro atoms. The number of benzene rings is 1. The fourth-order valence-electron chi connectivity index (χ4n) is 4.03. The van der Waals surface area contributed by atoms with Crippen molar-refractivity contribution in [2.24, 2.45) is 0 Å². The van der Waals surface area contributed by atoms with Crippen LogP contribution in [0.2, 0.25) is 0 Å². The van der Waals surface area contributed by atoms with E-state index in [1.165, 1.54) is 16.6 Å². The number of nitrogens with zero attached hydrogens (tertiary/aromatic N) is 1. The van der Waals surface area contributed by atoms with Crippen LogP contribution in [0.5, 0.6) is 0 Å². The zero-order chi connectivity index (χ0) is 15.3. The van der Waals surface area contributed by atoms with Crippen LogP contribution in [-0.4, -0.2) is 47.1 Å². The minimum atomic E-state index is -0.755. The third-order valence-electron chi connectivity index (χ3n) is 5.29. The smallest absolute Gasteiger partial charge is 0.321 e. The molecule has 4 rings (SSSR count). The Morgan fingerprint density at radius 3 is 2.77 bits per heavy atom. The minimum Gasteiger partial charge on any atom is -0.480 e. The molecule has 0 unspecified atom stereocenters. The van der Waals surface area contributed by atoms with Crippen LogP contribution < -0.4 is 5.32 Å². The second-order valence-electron chi connectivity index (χ2n) is 6.65. The first-order valence-electron chi connectivity index (χ1n) is 7.88. The Labute approximate surface area is 129 Å². The average Bonchev–Trinajstić information content (AvgIpc) is 2.90. The average molecular weight is 299 g/mol. The van der Waals surface area contributed by atoms with Gasteiger partial charge in [-0.3, -0.25) is 10.1 Å². The number of carboxylic acids is 1. The van der Waals surface area contributed by atoms with E-state index in [-0.39, 0.29) is 5.54 Å². The number of H-pyrrole nitrogens is 1. The van der Waals surface area contributed by atoms with Crippen molar-refractivity contribution >= 4 is 16.9 Å². The standard InChI is InChI=1S/C17H21N3O2/c1-20-8-6-17(7-9-20)15-12(10-14(19-17)16(21)22)11-4-2-3-5-13(11)18-15/h2-5,14,18-19H,6-10H2,1H3,(H,21,22)/t14-/m1/s1. The van der Waals surface area contributed by atoms with E-state index in [0.29, 0.717) is 6.42 Å². The van der Waals surface area contributed by atoms with Gasteiger partial charge in [0.2, 0.25) is 0 Å². The third-order valence-corrected chi connectivity index (χ3v) is 5.29. The van der Waals surface area contributed by atoms with Crippen molar-refractivity contribution in [3.8, 4) is 0 Å². The summed E-state index contributed by atoms with van der Waals surface area (Å²) >= 11 is 0. The van der Waals surface area contributed by atoms with Gasteiger partial charge in [0.05, 0.1) is 5.54 Å². The first-order chi connectivity index (χ1) is 10.6. The highest BCUT2D eigenvalue weighted by Crippen LogP contribution is 2.41. The van der Waals surface area contributed by atoms with Gasteiger partial charge in [0, 0.05) is 23.0 Å². The van der Waals surface area contributed by atoms with E-state index in [9.17, 15) is 9.90 Å². The summed E-state index contributed by atoms with van der Waals surface area (Å²) in [6.45, 7) is 1.96. The van der Waals surface area contributed by atoms with Gasteiger partial charge in [-0.25, -0.2) is 0 Å². The molecule has 0 aliphatic carbocycles. The van der Waals surface area contributed by atoms with Crippen LogP contribution in [0.15, 0.2) is 24.3 Å². The number of aromatic amines is 1. The van der Waals surface area contributed by atoms with Gasteiger partial charge in [0.1, 0.15) is 6.04 Å². The van der Waals surface area contributed by atoms with Gasteiger partial charge in [-0.1, -0.05) is 18.2 Å². The van der Waals surface area contributed by atoms with Gasteiger partial charge in [-0.15, -0.1) is 0 Å². The summed E-state index contributed by atoms with van der Waals surface area (Å²) in [7, 11) is 2.12. The Kier molecular flexibility index (Phi) is 3.03. The number of para-hydroxylation sites is 1. The van der Waals surface area contributed by atoms with E-state index in [1.54, 1.807) is 0 Å². The number of hydrogen-bond acceptors (Lipinski definition) is 3. The zero-order valence-corrected chi connectivity index (χ0v) is 12.7. The first-order valence-corrected chi connectivity index (χ1v) is 7.88. The Morgan fingerprint density at radius 1 is 1.32 bits per heavy atom. The molecule has 5 heteroatoms. The molecule has 0 bridgehead atoms. The van der Waals surface area contributed by atoms with Crippen LogP contribution in [0.4, 0.5) is 0 Å². The van der Waals surface area contributed by atoms with Crippen molar-refractivity contribution in [1.82, 2.24) is 15.2 Å². The number of piperidine rings is 1. The molecule has 3 N–H and O–H groups in total. The number of likely N-dealkylation sites (tertiary alicyclic amines) is 1. The van der Waals surface area contributed by atoms with Crippen molar-refractivity contribution in [3.63, 3.8) is 0 Å². The number of fused-ring (bicyclic) bond motifs is 4. The fraction of sp³-hybridized carbons (Fsp3) is 0.471. The van der Waals surface area contributed by atoms with E-state index in [1.807, 2.05) is 12.1 Å². The second-order valence-corrected chi connectivity index (χ2v) is 6.65. The summed E-state index contributed by atoms with van der Waals surface area (Å²) in [6, 6.07) is 7.71. The molecule has 116 valence electrons.